The Morgan fingerprint density at radius 3 is 3.00 bits per heavy atom. The smallest absolute Gasteiger partial charge is 0.230 e. The van der Waals surface area contributed by atoms with Crippen molar-refractivity contribution in [3.05, 3.63) is 44.9 Å². The number of hydrogen-bond donors (Lipinski definition) is 2. The Bertz CT molecular complexity index is 696. The molecule has 1 aromatic heterocycles. The van der Waals surface area contributed by atoms with E-state index in [2.05, 4.69) is 21.7 Å². The normalized spacial score (nSPS) is 16.2. The molecular weight excluding hydrogens is 306 g/mol. The van der Waals surface area contributed by atoms with Crippen molar-refractivity contribution in [3.63, 3.8) is 0 Å². The first-order valence-electron chi connectivity index (χ1n) is 6.72. The van der Waals surface area contributed by atoms with Gasteiger partial charge in [0.05, 0.1) is 12.0 Å². The summed E-state index contributed by atoms with van der Waals surface area (Å²) in [5, 5.41) is 6.30. The number of nitrogens with zero attached hydrogens (tertiary/aromatic N) is 1. The van der Waals surface area contributed by atoms with E-state index in [4.69, 9.17) is 11.6 Å². The minimum atomic E-state index is -0.475. The molecule has 0 bridgehead atoms. The van der Waals surface area contributed by atoms with Gasteiger partial charge in [0.2, 0.25) is 5.91 Å². The van der Waals surface area contributed by atoms with Crippen LogP contribution in [-0.4, -0.2) is 10.9 Å². The number of hydrogen-bond acceptors (Lipinski definition) is 4. The standard InChI is InChI=1S/C15H16ClN3OS/c1-15(2)12-4-3-10(5-9(12)6-18-13(15)20)17-7-11-8-19-14(16)21-11/h3-5,8,17H,6-7H2,1-2H3,(H,18,20). The fourth-order valence-corrected chi connectivity index (χ4v) is 3.45. The molecule has 2 heterocycles. The molecule has 6 heteroatoms. The van der Waals surface area contributed by atoms with Crippen LogP contribution in [0.1, 0.15) is 29.9 Å². The van der Waals surface area contributed by atoms with Crippen molar-refractivity contribution in [1.29, 1.82) is 0 Å². The third-order valence-corrected chi connectivity index (χ3v) is 4.89. The van der Waals surface area contributed by atoms with Crippen LogP contribution in [0.4, 0.5) is 5.69 Å². The Morgan fingerprint density at radius 1 is 1.48 bits per heavy atom. The number of thiazole rings is 1. The number of amides is 1. The maximum atomic E-state index is 11.9. The molecule has 0 radical (unpaired) electrons. The largest absolute Gasteiger partial charge is 0.380 e. The molecule has 2 N–H and O–H groups in total. The molecule has 110 valence electrons. The zero-order chi connectivity index (χ0) is 15.0. The summed E-state index contributed by atoms with van der Waals surface area (Å²) in [7, 11) is 0. The monoisotopic (exact) mass is 321 g/mol. The van der Waals surface area contributed by atoms with E-state index in [9.17, 15) is 4.79 Å². The van der Waals surface area contributed by atoms with E-state index in [1.165, 1.54) is 11.3 Å². The van der Waals surface area contributed by atoms with Crippen LogP contribution in [0.5, 0.6) is 0 Å². The lowest BCUT2D eigenvalue weighted by molar-refractivity contribution is -0.126. The highest BCUT2D eigenvalue weighted by molar-refractivity contribution is 7.15. The van der Waals surface area contributed by atoms with Crippen LogP contribution in [0, 0.1) is 0 Å². The summed E-state index contributed by atoms with van der Waals surface area (Å²) < 4.78 is 0.557. The van der Waals surface area contributed by atoms with Crippen molar-refractivity contribution < 1.29 is 4.79 Å². The molecule has 1 amide bonds. The molecular formula is C15H16ClN3OS. The summed E-state index contributed by atoms with van der Waals surface area (Å²) in [5.74, 6) is 0.0787. The predicted molar refractivity (Wildman–Crippen MR) is 85.8 cm³/mol. The topological polar surface area (TPSA) is 54.0 Å². The van der Waals surface area contributed by atoms with E-state index in [1.54, 1.807) is 6.20 Å². The molecule has 0 aliphatic carbocycles. The molecule has 1 aliphatic heterocycles. The highest BCUT2D eigenvalue weighted by Crippen LogP contribution is 2.32. The van der Waals surface area contributed by atoms with Gasteiger partial charge in [-0.25, -0.2) is 4.98 Å². The van der Waals surface area contributed by atoms with E-state index in [0.717, 1.165) is 21.7 Å². The highest BCUT2D eigenvalue weighted by atomic mass is 35.5. The quantitative estimate of drug-likeness (QED) is 0.912. The van der Waals surface area contributed by atoms with Crippen LogP contribution in [0.15, 0.2) is 24.4 Å². The van der Waals surface area contributed by atoms with Crippen LogP contribution >= 0.6 is 22.9 Å². The van der Waals surface area contributed by atoms with Crippen molar-refractivity contribution >= 4 is 34.5 Å². The fraction of sp³-hybridized carbons (Fsp3) is 0.333. The summed E-state index contributed by atoms with van der Waals surface area (Å²) in [5.41, 5.74) is 2.81. The number of halogens is 1. The first-order valence-corrected chi connectivity index (χ1v) is 7.92. The number of carbonyl (C=O) groups is 1. The van der Waals surface area contributed by atoms with Crippen molar-refractivity contribution in [2.24, 2.45) is 0 Å². The van der Waals surface area contributed by atoms with Gasteiger partial charge in [-0.05, 0) is 37.1 Å². The van der Waals surface area contributed by atoms with E-state index in [-0.39, 0.29) is 5.91 Å². The number of anilines is 1. The Hall–Kier alpha value is -1.59. The van der Waals surface area contributed by atoms with Gasteiger partial charge in [-0.15, -0.1) is 11.3 Å². The second-order valence-electron chi connectivity index (χ2n) is 5.61. The summed E-state index contributed by atoms with van der Waals surface area (Å²) in [4.78, 5) is 17.0. The summed E-state index contributed by atoms with van der Waals surface area (Å²) >= 11 is 7.29. The predicted octanol–water partition coefficient (Wildman–Crippen LogP) is 3.32. The van der Waals surface area contributed by atoms with Gasteiger partial charge >= 0.3 is 0 Å². The molecule has 0 atom stereocenters. The van der Waals surface area contributed by atoms with Gasteiger partial charge in [0, 0.05) is 23.3 Å². The van der Waals surface area contributed by atoms with Gasteiger partial charge in [0.25, 0.3) is 0 Å². The van der Waals surface area contributed by atoms with Crippen molar-refractivity contribution in [2.75, 3.05) is 5.32 Å². The molecule has 4 nitrogen and oxygen atoms in total. The van der Waals surface area contributed by atoms with Gasteiger partial charge in [-0.2, -0.15) is 0 Å². The van der Waals surface area contributed by atoms with E-state index < -0.39 is 5.41 Å². The lowest BCUT2D eigenvalue weighted by Crippen LogP contribution is -2.44. The minimum Gasteiger partial charge on any atom is -0.380 e. The first kappa shape index (κ1) is 14.4. The van der Waals surface area contributed by atoms with Gasteiger partial charge in [-0.3, -0.25) is 4.79 Å². The van der Waals surface area contributed by atoms with Crippen molar-refractivity contribution in [3.8, 4) is 0 Å². The van der Waals surface area contributed by atoms with Crippen LogP contribution in [-0.2, 0) is 23.3 Å². The van der Waals surface area contributed by atoms with E-state index in [0.29, 0.717) is 17.6 Å². The second kappa shape index (κ2) is 5.31. The van der Waals surface area contributed by atoms with Gasteiger partial charge in [0.1, 0.15) is 0 Å². The molecule has 2 aromatic rings. The molecule has 3 rings (SSSR count). The molecule has 1 aliphatic rings. The van der Waals surface area contributed by atoms with Crippen LogP contribution in [0.2, 0.25) is 4.47 Å². The molecule has 21 heavy (non-hydrogen) atoms. The van der Waals surface area contributed by atoms with Gasteiger partial charge in [-0.1, -0.05) is 17.7 Å². The maximum Gasteiger partial charge on any atom is 0.230 e. The second-order valence-corrected chi connectivity index (χ2v) is 7.31. The Morgan fingerprint density at radius 2 is 2.29 bits per heavy atom. The van der Waals surface area contributed by atoms with Crippen molar-refractivity contribution in [1.82, 2.24) is 10.3 Å². The molecule has 0 spiro atoms. The van der Waals surface area contributed by atoms with E-state index >= 15 is 0 Å². The number of benzene rings is 1. The lowest BCUT2D eigenvalue weighted by atomic mass is 9.78. The third kappa shape index (κ3) is 2.76. The molecule has 0 saturated heterocycles. The number of fused-ring (bicyclic) bond motifs is 1. The number of carbonyl (C=O) groups excluding carboxylic acids is 1. The molecule has 1 aromatic carbocycles. The number of nitrogens with one attached hydrogen (secondary N) is 2. The Balaban J connectivity index is 1.79. The lowest BCUT2D eigenvalue weighted by Gasteiger charge is -2.32. The van der Waals surface area contributed by atoms with Crippen LogP contribution in [0.25, 0.3) is 0 Å². The zero-order valence-corrected chi connectivity index (χ0v) is 13.4. The molecule has 0 fully saturated rings. The summed E-state index contributed by atoms with van der Waals surface area (Å²) in [6.45, 7) is 5.18. The Kier molecular flexibility index (Phi) is 3.63. The first-order chi connectivity index (χ1) is 9.96. The highest BCUT2D eigenvalue weighted by Gasteiger charge is 2.35. The summed E-state index contributed by atoms with van der Waals surface area (Å²) in [6, 6.07) is 6.15. The average molecular weight is 322 g/mol. The fourth-order valence-electron chi connectivity index (χ4n) is 2.53. The summed E-state index contributed by atoms with van der Waals surface area (Å²) in [6.07, 6.45) is 1.78. The SMILES string of the molecule is CC1(C)C(=O)NCc2cc(NCc3cnc(Cl)s3)ccc21. The van der Waals surface area contributed by atoms with Crippen LogP contribution in [0.3, 0.4) is 0 Å². The molecule has 0 saturated carbocycles. The van der Waals surface area contributed by atoms with Crippen LogP contribution < -0.4 is 10.6 Å². The average Bonchev–Trinajstić information content (AvgIpc) is 2.87. The number of aromatic nitrogens is 1. The van der Waals surface area contributed by atoms with Gasteiger partial charge in [0.15, 0.2) is 4.47 Å². The molecule has 0 unspecified atom stereocenters. The van der Waals surface area contributed by atoms with Gasteiger partial charge < -0.3 is 10.6 Å². The Labute approximate surface area is 132 Å². The minimum absolute atomic E-state index is 0.0787. The van der Waals surface area contributed by atoms with E-state index in [1.807, 2.05) is 26.0 Å². The zero-order valence-electron chi connectivity index (χ0n) is 11.9. The number of rotatable bonds is 3. The third-order valence-electron chi connectivity index (χ3n) is 3.78. The maximum absolute atomic E-state index is 11.9. The van der Waals surface area contributed by atoms with Crippen molar-refractivity contribution in [2.45, 2.75) is 32.4 Å².